The molecule has 0 aromatic carbocycles. The molecule has 0 aromatic heterocycles. The van der Waals surface area contributed by atoms with Crippen LogP contribution in [0.3, 0.4) is 0 Å². The SMILES string of the molecule is CCCCCCCCCCCC(CCCCCCCC)C(=O)O. The van der Waals surface area contributed by atoms with Crippen LogP contribution in [0.2, 0.25) is 0 Å². The first kappa shape index (κ1) is 22.5. The van der Waals surface area contributed by atoms with Gasteiger partial charge in [-0.1, -0.05) is 110 Å². The number of carbonyl (C=O) groups is 1. The maximum atomic E-state index is 11.3. The molecule has 2 nitrogen and oxygen atoms in total. The first-order valence-corrected chi connectivity index (χ1v) is 10.4. The van der Waals surface area contributed by atoms with Gasteiger partial charge in [0, 0.05) is 0 Å². The lowest BCUT2D eigenvalue weighted by Gasteiger charge is -2.12. The van der Waals surface area contributed by atoms with Crippen molar-refractivity contribution in [2.45, 2.75) is 123 Å². The molecule has 0 aromatic rings. The number of aliphatic carboxylic acids is 1. The molecule has 1 N–H and O–H groups in total. The van der Waals surface area contributed by atoms with Gasteiger partial charge in [-0.25, -0.2) is 0 Å². The van der Waals surface area contributed by atoms with Crippen LogP contribution in [0.1, 0.15) is 123 Å². The number of unbranched alkanes of at least 4 members (excludes halogenated alkanes) is 13. The predicted octanol–water partition coefficient (Wildman–Crippen LogP) is 7.36. The Hall–Kier alpha value is -0.530. The summed E-state index contributed by atoms with van der Waals surface area (Å²) in [5, 5.41) is 9.34. The molecule has 138 valence electrons. The van der Waals surface area contributed by atoms with Crippen molar-refractivity contribution in [3.63, 3.8) is 0 Å². The van der Waals surface area contributed by atoms with Gasteiger partial charge < -0.3 is 5.11 Å². The molecular formula is C21H42O2. The lowest BCUT2D eigenvalue weighted by atomic mass is 9.94. The molecule has 0 saturated heterocycles. The number of carboxylic acid groups (broad SMARTS) is 1. The van der Waals surface area contributed by atoms with E-state index < -0.39 is 5.97 Å². The summed E-state index contributed by atoms with van der Waals surface area (Å²) in [6.45, 7) is 4.48. The Bertz CT molecular complexity index is 250. The van der Waals surface area contributed by atoms with Gasteiger partial charge in [0.05, 0.1) is 5.92 Å². The molecule has 0 aliphatic heterocycles. The summed E-state index contributed by atoms with van der Waals surface area (Å²) in [5.41, 5.74) is 0. The summed E-state index contributed by atoms with van der Waals surface area (Å²) >= 11 is 0. The summed E-state index contributed by atoms with van der Waals surface area (Å²) in [5.74, 6) is -0.663. The number of carboxylic acids is 1. The molecule has 0 saturated carbocycles. The van der Waals surface area contributed by atoms with E-state index in [9.17, 15) is 9.90 Å². The van der Waals surface area contributed by atoms with E-state index in [1.165, 1.54) is 83.5 Å². The number of hydrogen-bond donors (Lipinski definition) is 1. The molecule has 0 amide bonds. The molecule has 0 rings (SSSR count). The lowest BCUT2D eigenvalue weighted by molar-refractivity contribution is -0.142. The molecule has 0 spiro atoms. The molecular weight excluding hydrogens is 284 g/mol. The average Bonchev–Trinajstić information content (AvgIpc) is 2.54. The molecule has 0 aliphatic carbocycles. The monoisotopic (exact) mass is 326 g/mol. The maximum Gasteiger partial charge on any atom is 0.306 e. The van der Waals surface area contributed by atoms with Crippen LogP contribution in [0.25, 0.3) is 0 Å². The quantitative estimate of drug-likeness (QED) is 0.267. The summed E-state index contributed by atoms with van der Waals surface area (Å²) in [4.78, 5) is 11.3. The molecule has 1 atom stereocenters. The Morgan fingerprint density at radius 1 is 0.609 bits per heavy atom. The number of rotatable bonds is 18. The van der Waals surface area contributed by atoms with Crippen molar-refractivity contribution in [1.29, 1.82) is 0 Å². The maximum absolute atomic E-state index is 11.3. The van der Waals surface area contributed by atoms with Crippen LogP contribution in [0.5, 0.6) is 0 Å². The van der Waals surface area contributed by atoms with Gasteiger partial charge in [-0.2, -0.15) is 0 Å². The Kier molecular flexibility index (Phi) is 17.4. The fraction of sp³-hybridized carbons (Fsp3) is 0.952. The minimum Gasteiger partial charge on any atom is -0.481 e. The third-order valence-corrected chi connectivity index (χ3v) is 4.91. The smallest absolute Gasteiger partial charge is 0.306 e. The first-order valence-electron chi connectivity index (χ1n) is 10.4. The van der Waals surface area contributed by atoms with Gasteiger partial charge in [-0.05, 0) is 12.8 Å². The Labute approximate surface area is 145 Å². The van der Waals surface area contributed by atoms with Crippen LogP contribution < -0.4 is 0 Å². The molecule has 0 radical (unpaired) electrons. The van der Waals surface area contributed by atoms with E-state index in [2.05, 4.69) is 13.8 Å². The van der Waals surface area contributed by atoms with Crippen molar-refractivity contribution >= 4 is 5.97 Å². The molecule has 2 heteroatoms. The Morgan fingerprint density at radius 3 is 1.22 bits per heavy atom. The van der Waals surface area contributed by atoms with Gasteiger partial charge >= 0.3 is 5.97 Å². The Balaban J connectivity index is 3.48. The van der Waals surface area contributed by atoms with E-state index in [-0.39, 0.29) is 5.92 Å². The van der Waals surface area contributed by atoms with Crippen molar-refractivity contribution < 1.29 is 9.90 Å². The highest BCUT2D eigenvalue weighted by atomic mass is 16.4. The Morgan fingerprint density at radius 2 is 0.913 bits per heavy atom. The molecule has 0 aliphatic rings. The van der Waals surface area contributed by atoms with E-state index in [1.807, 2.05) is 0 Å². The minimum atomic E-state index is -0.571. The summed E-state index contributed by atoms with van der Waals surface area (Å²) in [6.07, 6.45) is 21.0. The zero-order chi connectivity index (χ0) is 17.2. The standard InChI is InChI=1S/C21H42O2/c1-3-5-7-9-11-12-13-15-17-19-20(21(22)23)18-16-14-10-8-6-4-2/h20H,3-19H2,1-2H3,(H,22,23). The average molecular weight is 327 g/mol. The van der Waals surface area contributed by atoms with Crippen LogP contribution in [0.15, 0.2) is 0 Å². The first-order chi connectivity index (χ1) is 11.2. The second kappa shape index (κ2) is 17.8. The highest BCUT2D eigenvalue weighted by Gasteiger charge is 2.16. The van der Waals surface area contributed by atoms with Crippen molar-refractivity contribution in [1.82, 2.24) is 0 Å². The fourth-order valence-corrected chi connectivity index (χ4v) is 3.26. The fourth-order valence-electron chi connectivity index (χ4n) is 3.26. The topological polar surface area (TPSA) is 37.3 Å². The van der Waals surface area contributed by atoms with Gasteiger partial charge in [0.25, 0.3) is 0 Å². The van der Waals surface area contributed by atoms with Gasteiger partial charge in [0.15, 0.2) is 0 Å². The number of hydrogen-bond acceptors (Lipinski definition) is 1. The van der Waals surface area contributed by atoms with Gasteiger partial charge in [0.2, 0.25) is 0 Å². The molecule has 0 fully saturated rings. The van der Waals surface area contributed by atoms with Gasteiger partial charge in [-0.3, -0.25) is 4.79 Å². The van der Waals surface area contributed by atoms with E-state index in [0.29, 0.717) is 0 Å². The molecule has 23 heavy (non-hydrogen) atoms. The highest BCUT2D eigenvalue weighted by Crippen LogP contribution is 2.19. The third kappa shape index (κ3) is 16.1. The van der Waals surface area contributed by atoms with Crippen LogP contribution in [-0.2, 0) is 4.79 Å². The third-order valence-electron chi connectivity index (χ3n) is 4.91. The van der Waals surface area contributed by atoms with Crippen LogP contribution in [0, 0.1) is 5.92 Å². The largest absolute Gasteiger partial charge is 0.481 e. The van der Waals surface area contributed by atoms with Gasteiger partial charge in [0.1, 0.15) is 0 Å². The summed E-state index contributed by atoms with van der Waals surface area (Å²) in [7, 11) is 0. The second-order valence-electron chi connectivity index (χ2n) is 7.21. The van der Waals surface area contributed by atoms with Crippen molar-refractivity contribution in [2.24, 2.45) is 5.92 Å². The zero-order valence-corrected chi connectivity index (χ0v) is 16.0. The van der Waals surface area contributed by atoms with Crippen molar-refractivity contribution in [2.75, 3.05) is 0 Å². The van der Waals surface area contributed by atoms with Crippen molar-refractivity contribution in [3.8, 4) is 0 Å². The molecule has 0 heterocycles. The predicted molar refractivity (Wildman–Crippen MR) is 101 cm³/mol. The lowest BCUT2D eigenvalue weighted by Crippen LogP contribution is -2.13. The van der Waals surface area contributed by atoms with E-state index in [0.717, 1.165) is 25.7 Å². The normalized spacial score (nSPS) is 12.4. The van der Waals surface area contributed by atoms with E-state index in [4.69, 9.17) is 0 Å². The van der Waals surface area contributed by atoms with Crippen molar-refractivity contribution in [3.05, 3.63) is 0 Å². The zero-order valence-electron chi connectivity index (χ0n) is 16.0. The molecule has 0 bridgehead atoms. The molecule has 1 unspecified atom stereocenters. The minimum absolute atomic E-state index is 0.0919. The van der Waals surface area contributed by atoms with Crippen LogP contribution >= 0.6 is 0 Å². The van der Waals surface area contributed by atoms with Crippen LogP contribution in [-0.4, -0.2) is 11.1 Å². The second-order valence-corrected chi connectivity index (χ2v) is 7.21. The van der Waals surface area contributed by atoms with E-state index in [1.54, 1.807) is 0 Å². The summed E-state index contributed by atoms with van der Waals surface area (Å²) in [6, 6.07) is 0. The summed E-state index contributed by atoms with van der Waals surface area (Å²) < 4.78 is 0. The van der Waals surface area contributed by atoms with Gasteiger partial charge in [-0.15, -0.1) is 0 Å². The highest BCUT2D eigenvalue weighted by molar-refractivity contribution is 5.69. The van der Waals surface area contributed by atoms with E-state index >= 15 is 0 Å². The van der Waals surface area contributed by atoms with Crippen LogP contribution in [0.4, 0.5) is 0 Å².